The van der Waals surface area contributed by atoms with Crippen LogP contribution in [0.4, 0.5) is 0 Å². The summed E-state index contributed by atoms with van der Waals surface area (Å²) in [5.74, 6) is 0. The molecule has 0 saturated carbocycles. The Kier molecular flexibility index (Phi) is 3.64. The number of nitrogens with zero attached hydrogens (tertiary/aromatic N) is 1. The zero-order valence-corrected chi connectivity index (χ0v) is 11.3. The molecule has 0 aliphatic carbocycles. The number of hydrogen-bond donors (Lipinski definition) is 1. The van der Waals surface area contributed by atoms with E-state index >= 15 is 0 Å². The summed E-state index contributed by atoms with van der Waals surface area (Å²) in [6, 6.07) is 0. The highest BCUT2D eigenvalue weighted by Crippen LogP contribution is 2.30. The topological polar surface area (TPSA) is 64.1 Å². The highest BCUT2D eigenvalue weighted by molar-refractivity contribution is 6.30. The molecule has 1 aliphatic rings. The van der Waals surface area contributed by atoms with Crippen LogP contribution in [-0.4, -0.2) is 22.8 Å². The standard InChI is InChI=1S/C12H17ClN2O3/c1-8-9(13)14-11(17)15(10(8)16)7-12(2)3-5-18-6-4-12/h3-7H2,1-2H3,(H,14,17). The predicted molar refractivity (Wildman–Crippen MR) is 69.2 cm³/mol. The maximum atomic E-state index is 12.1. The first-order valence-corrected chi connectivity index (χ1v) is 6.38. The summed E-state index contributed by atoms with van der Waals surface area (Å²) in [7, 11) is 0. The molecule has 1 fully saturated rings. The second-order valence-electron chi connectivity index (χ2n) is 5.18. The van der Waals surface area contributed by atoms with Crippen molar-refractivity contribution in [2.24, 2.45) is 5.41 Å². The van der Waals surface area contributed by atoms with Crippen molar-refractivity contribution in [2.45, 2.75) is 33.2 Å². The highest BCUT2D eigenvalue weighted by Gasteiger charge is 2.29. The number of H-pyrrole nitrogens is 1. The molecule has 0 unspecified atom stereocenters. The number of rotatable bonds is 2. The second kappa shape index (κ2) is 4.90. The molecule has 2 heterocycles. The molecule has 0 amide bonds. The Balaban J connectivity index is 2.38. The molecule has 0 atom stereocenters. The zero-order chi connectivity index (χ0) is 13.3. The van der Waals surface area contributed by atoms with Crippen LogP contribution < -0.4 is 11.2 Å². The summed E-state index contributed by atoms with van der Waals surface area (Å²) in [4.78, 5) is 26.4. The van der Waals surface area contributed by atoms with Crippen molar-refractivity contribution in [1.29, 1.82) is 0 Å². The van der Waals surface area contributed by atoms with Gasteiger partial charge in [-0.2, -0.15) is 0 Å². The lowest BCUT2D eigenvalue weighted by atomic mass is 9.82. The number of nitrogens with one attached hydrogen (secondary N) is 1. The van der Waals surface area contributed by atoms with Gasteiger partial charge in [0, 0.05) is 25.3 Å². The van der Waals surface area contributed by atoms with E-state index in [-0.39, 0.29) is 16.1 Å². The summed E-state index contributed by atoms with van der Waals surface area (Å²) < 4.78 is 6.55. The summed E-state index contributed by atoms with van der Waals surface area (Å²) in [5.41, 5.74) is -0.443. The molecule has 1 aromatic rings. The van der Waals surface area contributed by atoms with E-state index in [1.54, 1.807) is 6.92 Å². The fourth-order valence-corrected chi connectivity index (χ4v) is 2.35. The fraction of sp³-hybridized carbons (Fsp3) is 0.667. The van der Waals surface area contributed by atoms with Crippen molar-refractivity contribution in [3.8, 4) is 0 Å². The van der Waals surface area contributed by atoms with Crippen LogP contribution in [0.15, 0.2) is 9.59 Å². The minimum atomic E-state index is -0.441. The van der Waals surface area contributed by atoms with Crippen molar-refractivity contribution in [3.05, 3.63) is 31.6 Å². The first-order chi connectivity index (χ1) is 8.43. The van der Waals surface area contributed by atoms with E-state index in [9.17, 15) is 9.59 Å². The summed E-state index contributed by atoms with van der Waals surface area (Å²) in [6.45, 7) is 5.45. The molecule has 2 rings (SSSR count). The van der Waals surface area contributed by atoms with E-state index in [0.717, 1.165) is 12.8 Å². The Morgan fingerprint density at radius 1 is 1.39 bits per heavy atom. The third kappa shape index (κ3) is 2.52. The van der Waals surface area contributed by atoms with Gasteiger partial charge < -0.3 is 4.74 Å². The zero-order valence-electron chi connectivity index (χ0n) is 10.6. The molecule has 0 bridgehead atoms. The van der Waals surface area contributed by atoms with Gasteiger partial charge in [0.15, 0.2) is 0 Å². The van der Waals surface area contributed by atoms with Gasteiger partial charge in [0.25, 0.3) is 5.56 Å². The maximum Gasteiger partial charge on any atom is 0.329 e. The molecule has 6 heteroatoms. The normalized spacial score (nSPS) is 18.8. The van der Waals surface area contributed by atoms with Gasteiger partial charge in [-0.15, -0.1) is 0 Å². The molecule has 0 spiro atoms. The van der Waals surface area contributed by atoms with Crippen LogP contribution in [-0.2, 0) is 11.3 Å². The summed E-state index contributed by atoms with van der Waals surface area (Å²) in [5, 5.41) is 0.124. The number of hydrogen-bond acceptors (Lipinski definition) is 3. The van der Waals surface area contributed by atoms with E-state index in [4.69, 9.17) is 16.3 Å². The maximum absolute atomic E-state index is 12.1. The van der Waals surface area contributed by atoms with Crippen molar-refractivity contribution in [3.63, 3.8) is 0 Å². The monoisotopic (exact) mass is 272 g/mol. The molecule has 1 N–H and O–H groups in total. The summed E-state index contributed by atoms with van der Waals surface area (Å²) in [6.07, 6.45) is 1.70. The second-order valence-corrected chi connectivity index (χ2v) is 5.56. The molecule has 100 valence electrons. The average molecular weight is 273 g/mol. The Morgan fingerprint density at radius 2 is 2.00 bits per heavy atom. The average Bonchev–Trinajstić information content (AvgIpc) is 2.33. The SMILES string of the molecule is Cc1c(Cl)[nH]c(=O)n(CC2(C)CCOCC2)c1=O. The number of ether oxygens (including phenoxy) is 1. The van der Waals surface area contributed by atoms with Crippen molar-refractivity contribution in [2.75, 3.05) is 13.2 Å². The van der Waals surface area contributed by atoms with Crippen LogP contribution in [0.3, 0.4) is 0 Å². The Hall–Kier alpha value is -1.07. The molecule has 1 saturated heterocycles. The van der Waals surface area contributed by atoms with Crippen molar-refractivity contribution < 1.29 is 4.74 Å². The van der Waals surface area contributed by atoms with Crippen molar-refractivity contribution >= 4 is 11.6 Å². The van der Waals surface area contributed by atoms with Crippen LogP contribution in [0.2, 0.25) is 5.15 Å². The third-order valence-electron chi connectivity index (χ3n) is 3.60. The number of halogens is 1. The van der Waals surface area contributed by atoms with Crippen LogP contribution in [0.25, 0.3) is 0 Å². The largest absolute Gasteiger partial charge is 0.381 e. The van der Waals surface area contributed by atoms with Gasteiger partial charge in [-0.25, -0.2) is 4.79 Å². The molecule has 18 heavy (non-hydrogen) atoms. The first kappa shape index (κ1) is 13.4. The molecule has 0 radical (unpaired) electrons. The van der Waals surface area contributed by atoms with Crippen molar-refractivity contribution in [1.82, 2.24) is 9.55 Å². The van der Waals surface area contributed by atoms with Gasteiger partial charge >= 0.3 is 5.69 Å². The molecular formula is C12H17ClN2O3. The van der Waals surface area contributed by atoms with Crippen LogP contribution in [0.1, 0.15) is 25.3 Å². The molecular weight excluding hydrogens is 256 g/mol. The lowest BCUT2D eigenvalue weighted by molar-refractivity contribution is 0.0144. The predicted octanol–water partition coefficient (Wildman–Crippen LogP) is 1.32. The van der Waals surface area contributed by atoms with E-state index in [0.29, 0.717) is 25.3 Å². The van der Waals surface area contributed by atoms with Gasteiger partial charge in [0.2, 0.25) is 0 Å². The fourth-order valence-electron chi connectivity index (χ4n) is 2.19. The number of aromatic amines is 1. The van der Waals surface area contributed by atoms with Gasteiger partial charge in [-0.05, 0) is 25.2 Å². The van der Waals surface area contributed by atoms with Crippen LogP contribution in [0, 0.1) is 12.3 Å². The third-order valence-corrected chi connectivity index (χ3v) is 3.97. The lowest BCUT2D eigenvalue weighted by Gasteiger charge is -2.33. The Labute approximate surface area is 110 Å². The Bertz CT molecular complexity index is 555. The van der Waals surface area contributed by atoms with E-state index in [1.807, 2.05) is 0 Å². The molecule has 5 nitrogen and oxygen atoms in total. The lowest BCUT2D eigenvalue weighted by Crippen LogP contribution is -2.42. The highest BCUT2D eigenvalue weighted by atomic mass is 35.5. The van der Waals surface area contributed by atoms with E-state index in [1.165, 1.54) is 4.57 Å². The van der Waals surface area contributed by atoms with Crippen LogP contribution in [0.5, 0.6) is 0 Å². The smallest absolute Gasteiger partial charge is 0.329 e. The number of aromatic nitrogens is 2. The van der Waals surface area contributed by atoms with Gasteiger partial charge in [0.05, 0.1) is 0 Å². The quantitative estimate of drug-likeness (QED) is 0.826. The van der Waals surface area contributed by atoms with E-state index < -0.39 is 5.69 Å². The minimum absolute atomic E-state index is 0.0741. The molecule has 1 aliphatic heterocycles. The van der Waals surface area contributed by atoms with Gasteiger partial charge in [0.1, 0.15) is 5.15 Å². The minimum Gasteiger partial charge on any atom is -0.381 e. The summed E-state index contributed by atoms with van der Waals surface area (Å²) >= 11 is 5.78. The van der Waals surface area contributed by atoms with Gasteiger partial charge in [-0.1, -0.05) is 18.5 Å². The van der Waals surface area contributed by atoms with Crippen LogP contribution >= 0.6 is 11.6 Å². The molecule has 0 aromatic carbocycles. The Morgan fingerprint density at radius 3 is 2.61 bits per heavy atom. The van der Waals surface area contributed by atoms with Gasteiger partial charge in [-0.3, -0.25) is 14.3 Å². The van der Waals surface area contributed by atoms with E-state index in [2.05, 4.69) is 11.9 Å². The molecule has 1 aromatic heterocycles. The first-order valence-electron chi connectivity index (χ1n) is 6.00.